The molecule has 1 aromatic heterocycles. The van der Waals surface area contributed by atoms with Crippen LogP contribution in [-0.2, 0) is 9.47 Å². The van der Waals surface area contributed by atoms with Crippen LogP contribution in [0.25, 0.3) is 0 Å². The second-order valence-electron chi connectivity index (χ2n) is 2.11. The largest absolute Gasteiger partial charge is 0.453 e. The second kappa shape index (κ2) is 6.56. The highest BCUT2D eigenvalue weighted by atomic mass is 33.1. The van der Waals surface area contributed by atoms with Gasteiger partial charge >= 0.3 is 6.08 Å². The van der Waals surface area contributed by atoms with Gasteiger partial charge in [-0.3, -0.25) is 4.98 Å². The third kappa shape index (κ3) is 3.89. The lowest BCUT2D eigenvalue weighted by Crippen LogP contribution is -2.01. The summed E-state index contributed by atoms with van der Waals surface area (Å²) < 4.78 is 13.6. The van der Waals surface area contributed by atoms with Gasteiger partial charge in [0.05, 0.1) is 25.2 Å². The molecule has 0 radical (unpaired) electrons. The highest BCUT2D eigenvalue weighted by molar-refractivity contribution is 8.76. The van der Waals surface area contributed by atoms with E-state index >= 15 is 0 Å². The summed E-state index contributed by atoms with van der Waals surface area (Å²) >= 11 is 0. The van der Waals surface area contributed by atoms with E-state index in [0.717, 1.165) is 4.90 Å². The highest BCUT2D eigenvalue weighted by Gasteiger charge is 1.97. The minimum absolute atomic E-state index is 0.261. The highest BCUT2D eigenvalue weighted by Crippen LogP contribution is 2.31. The summed E-state index contributed by atoms with van der Waals surface area (Å²) in [6, 6.07) is 3.82. The first kappa shape index (κ1) is 11.2. The zero-order valence-electron chi connectivity index (χ0n) is 7.84. The van der Waals surface area contributed by atoms with E-state index in [0.29, 0.717) is 0 Å². The fourth-order valence-corrected chi connectivity index (χ4v) is 2.10. The molecule has 14 heavy (non-hydrogen) atoms. The number of hydrogen-bond donors (Lipinski definition) is 0. The molecule has 0 saturated carbocycles. The Kier molecular flexibility index (Phi) is 5.24. The van der Waals surface area contributed by atoms with Crippen LogP contribution in [0, 0.1) is 0 Å². The van der Waals surface area contributed by atoms with Crippen molar-refractivity contribution < 1.29 is 9.47 Å². The molecule has 76 valence electrons. The fourth-order valence-electron chi connectivity index (χ4n) is 0.644. The van der Waals surface area contributed by atoms with Gasteiger partial charge in [0.15, 0.2) is 0 Å². The standard InChI is InChI=1S/C8H10N2O2S2/c1-11-8(12-2)10-14-13-7-3-5-9-6-4-7/h3-6H,1-2H3. The van der Waals surface area contributed by atoms with Gasteiger partial charge in [0, 0.05) is 17.3 Å². The Labute approximate surface area is 90.6 Å². The van der Waals surface area contributed by atoms with Crippen molar-refractivity contribution in [1.29, 1.82) is 0 Å². The summed E-state index contributed by atoms with van der Waals surface area (Å²) in [5, 5.41) is 0. The third-order valence-electron chi connectivity index (χ3n) is 1.24. The number of methoxy groups -OCH3 is 2. The maximum Gasteiger partial charge on any atom is 0.395 e. The quantitative estimate of drug-likeness (QED) is 0.345. The molecule has 0 unspecified atom stereocenters. The molecular formula is C8H10N2O2S2. The molecule has 0 atom stereocenters. The van der Waals surface area contributed by atoms with Crippen LogP contribution in [0.15, 0.2) is 33.8 Å². The van der Waals surface area contributed by atoms with Gasteiger partial charge in [0.2, 0.25) is 0 Å². The molecule has 0 aliphatic heterocycles. The average Bonchev–Trinajstić information content (AvgIpc) is 2.26. The van der Waals surface area contributed by atoms with Crippen molar-refractivity contribution >= 4 is 27.9 Å². The van der Waals surface area contributed by atoms with E-state index in [1.807, 2.05) is 12.1 Å². The van der Waals surface area contributed by atoms with Crippen molar-refractivity contribution in [2.75, 3.05) is 14.2 Å². The van der Waals surface area contributed by atoms with Gasteiger partial charge in [-0.25, -0.2) is 0 Å². The molecule has 0 fully saturated rings. The van der Waals surface area contributed by atoms with Crippen LogP contribution in [-0.4, -0.2) is 25.3 Å². The predicted octanol–water partition coefficient (Wildman–Crippen LogP) is 2.39. The van der Waals surface area contributed by atoms with E-state index in [4.69, 9.17) is 9.47 Å². The summed E-state index contributed by atoms with van der Waals surface area (Å²) in [4.78, 5) is 5.00. The van der Waals surface area contributed by atoms with Crippen LogP contribution >= 0.6 is 21.8 Å². The van der Waals surface area contributed by atoms with Crippen LogP contribution in [0.4, 0.5) is 0 Å². The van der Waals surface area contributed by atoms with Crippen LogP contribution in [0.2, 0.25) is 0 Å². The van der Waals surface area contributed by atoms with Crippen LogP contribution in [0.1, 0.15) is 0 Å². The Morgan fingerprint density at radius 3 is 2.50 bits per heavy atom. The Morgan fingerprint density at radius 1 is 1.29 bits per heavy atom. The molecule has 1 aromatic rings. The van der Waals surface area contributed by atoms with E-state index in [2.05, 4.69) is 9.38 Å². The molecule has 1 heterocycles. The zero-order chi connectivity index (χ0) is 10.2. The zero-order valence-corrected chi connectivity index (χ0v) is 9.47. The molecule has 1 rings (SSSR count). The summed E-state index contributed by atoms with van der Waals surface area (Å²) in [5.41, 5.74) is 0. The van der Waals surface area contributed by atoms with Crippen molar-refractivity contribution in [2.24, 2.45) is 4.40 Å². The maximum absolute atomic E-state index is 4.82. The van der Waals surface area contributed by atoms with Gasteiger partial charge in [0.1, 0.15) is 0 Å². The molecule has 0 aromatic carbocycles. The molecule has 0 N–H and O–H groups in total. The molecule has 0 aliphatic rings. The lowest BCUT2D eigenvalue weighted by molar-refractivity contribution is 0.245. The number of hydrogen-bond acceptors (Lipinski definition) is 6. The van der Waals surface area contributed by atoms with Gasteiger partial charge in [0.25, 0.3) is 0 Å². The van der Waals surface area contributed by atoms with Crippen molar-refractivity contribution in [3.05, 3.63) is 24.5 Å². The van der Waals surface area contributed by atoms with Gasteiger partial charge in [-0.05, 0) is 22.9 Å². The van der Waals surface area contributed by atoms with Crippen LogP contribution in [0.5, 0.6) is 0 Å². The maximum atomic E-state index is 4.82. The first-order valence-corrected chi connectivity index (χ1v) is 5.87. The molecular weight excluding hydrogens is 220 g/mol. The Bertz CT molecular complexity index is 287. The lowest BCUT2D eigenvalue weighted by Gasteiger charge is -2.00. The minimum atomic E-state index is 0.261. The van der Waals surface area contributed by atoms with E-state index in [1.165, 1.54) is 36.0 Å². The number of aromatic nitrogens is 1. The van der Waals surface area contributed by atoms with Crippen molar-refractivity contribution in [3.8, 4) is 0 Å². The lowest BCUT2D eigenvalue weighted by atomic mass is 10.5. The normalized spacial score (nSPS) is 9.29. The van der Waals surface area contributed by atoms with Crippen molar-refractivity contribution in [2.45, 2.75) is 4.90 Å². The average molecular weight is 230 g/mol. The Balaban J connectivity index is 2.38. The molecule has 6 heteroatoms. The number of pyridine rings is 1. The van der Waals surface area contributed by atoms with Crippen LogP contribution in [0.3, 0.4) is 0 Å². The number of rotatable bonds is 3. The Hall–Kier alpha value is -0.880. The molecule has 0 bridgehead atoms. The number of ether oxygens (including phenoxy) is 2. The van der Waals surface area contributed by atoms with Gasteiger partial charge in [-0.1, -0.05) is 0 Å². The van der Waals surface area contributed by atoms with Crippen LogP contribution < -0.4 is 0 Å². The summed E-state index contributed by atoms with van der Waals surface area (Å²) in [6.45, 7) is 0. The molecule has 0 amide bonds. The minimum Gasteiger partial charge on any atom is -0.453 e. The molecule has 4 nitrogen and oxygen atoms in total. The van der Waals surface area contributed by atoms with Crippen molar-refractivity contribution in [1.82, 2.24) is 4.98 Å². The van der Waals surface area contributed by atoms with Gasteiger partial charge in [-0.2, -0.15) is 0 Å². The second-order valence-corrected chi connectivity index (χ2v) is 4.02. The van der Waals surface area contributed by atoms with Crippen molar-refractivity contribution in [3.63, 3.8) is 0 Å². The summed E-state index contributed by atoms with van der Waals surface area (Å²) in [6.07, 6.45) is 3.73. The Morgan fingerprint density at radius 2 is 1.93 bits per heavy atom. The topological polar surface area (TPSA) is 43.7 Å². The number of nitrogens with zero attached hydrogens (tertiary/aromatic N) is 2. The fraction of sp³-hybridized carbons (Fsp3) is 0.250. The molecule has 0 aliphatic carbocycles. The monoisotopic (exact) mass is 230 g/mol. The predicted molar refractivity (Wildman–Crippen MR) is 59.1 cm³/mol. The third-order valence-corrected chi connectivity index (χ3v) is 3.03. The molecule has 0 spiro atoms. The van der Waals surface area contributed by atoms with Gasteiger partial charge in [-0.15, -0.1) is 4.40 Å². The van der Waals surface area contributed by atoms with Gasteiger partial charge < -0.3 is 9.47 Å². The summed E-state index contributed by atoms with van der Waals surface area (Å²) in [5.74, 6) is 0. The first-order chi connectivity index (χ1) is 6.86. The van der Waals surface area contributed by atoms with E-state index < -0.39 is 0 Å². The smallest absolute Gasteiger partial charge is 0.395 e. The van der Waals surface area contributed by atoms with E-state index in [1.54, 1.807) is 12.4 Å². The molecule has 0 saturated heterocycles. The van der Waals surface area contributed by atoms with E-state index in [9.17, 15) is 0 Å². The first-order valence-electron chi connectivity index (χ1n) is 3.76. The van der Waals surface area contributed by atoms with E-state index in [-0.39, 0.29) is 6.08 Å². The SMILES string of the molecule is COC(=NSSc1ccncc1)OC. The summed E-state index contributed by atoms with van der Waals surface area (Å²) in [7, 11) is 5.83.